The van der Waals surface area contributed by atoms with Crippen molar-refractivity contribution in [1.82, 2.24) is 0 Å². The second kappa shape index (κ2) is 5.30. The summed E-state index contributed by atoms with van der Waals surface area (Å²) in [7, 11) is 1.20. The minimum Gasteiger partial charge on any atom is -0.490 e. The number of benzene rings is 1. The molecule has 1 rings (SSSR count). The highest BCUT2D eigenvalue weighted by atomic mass is 79.9. The fourth-order valence-electron chi connectivity index (χ4n) is 1.20. The van der Waals surface area contributed by atoms with Crippen molar-refractivity contribution in [3.05, 3.63) is 28.0 Å². The van der Waals surface area contributed by atoms with Gasteiger partial charge in [0.25, 0.3) is 0 Å². The number of methoxy groups -OCH3 is 1. The van der Waals surface area contributed by atoms with E-state index in [9.17, 15) is 9.18 Å². The molecule has 0 spiro atoms. The molecule has 0 aromatic heterocycles. The van der Waals surface area contributed by atoms with Crippen molar-refractivity contribution in [3.8, 4) is 5.75 Å². The highest BCUT2D eigenvalue weighted by molar-refractivity contribution is 9.10. The van der Waals surface area contributed by atoms with Gasteiger partial charge in [0.05, 0.1) is 13.2 Å². The Kier molecular flexibility index (Phi) is 4.29. The van der Waals surface area contributed by atoms with Gasteiger partial charge in [0.2, 0.25) is 0 Å². The fourth-order valence-corrected chi connectivity index (χ4v) is 1.61. The Hall–Kier alpha value is -1.10. The van der Waals surface area contributed by atoms with E-state index in [4.69, 9.17) is 4.74 Å². The van der Waals surface area contributed by atoms with Crippen molar-refractivity contribution in [3.63, 3.8) is 0 Å². The molecule has 0 heterocycles. The van der Waals surface area contributed by atoms with Crippen LogP contribution in [0.15, 0.2) is 16.6 Å². The van der Waals surface area contributed by atoms with Gasteiger partial charge < -0.3 is 9.47 Å². The van der Waals surface area contributed by atoms with Gasteiger partial charge >= 0.3 is 5.97 Å². The smallest absolute Gasteiger partial charge is 0.344 e. The molecule has 3 nitrogen and oxygen atoms in total. The maximum atomic E-state index is 13.6. The van der Waals surface area contributed by atoms with Crippen LogP contribution >= 0.6 is 15.9 Å². The normalized spacial score (nSPS) is 10.4. The van der Waals surface area contributed by atoms with Crippen molar-refractivity contribution < 1.29 is 18.7 Å². The van der Waals surface area contributed by atoms with Gasteiger partial charge in [0, 0.05) is 4.47 Å². The second-order valence-corrected chi connectivity index (χ2v) is 4.33. The van der Waals surface area contributed by atoms with Crippen molar-refractivity contribution in [1.29, 1.82) is 0 Å². The third-order valence-electron chi connectivity index (χ3n) is 1.77. The molecular weight excluding hydrogens is 279 g/mol. The van der Waals surface area contributed by atoms with Gasteiger partial charge in [-0.3, -0.25) is 0 Å². The molecule has 16 heavy (non-hydrogen) atoms. The molecule has 0 atom stereocenters. The zero-order chi connectivity index (χ0) is 12.3. The number of ether oxygens (including phenoxy) is 2. The molecule has 88 valence electrons. The van der Waals surface area contributed by atoms with Gasteiger partial charge in [-0.05, 0) is 26.0 Å². The molecule has 0 aliphatic carbocycles. The molecule has 0 unspecified atom stereocenters. The van der Waals surface area contributed by atoms with Crippen LogP contribution in [0.5, 0.6) is 5.75 Å². The topological polar surface area (TPSA) is 35.5 Å². The number of halogens is 2. The summed E-state index contributed by atoms with van der Waals surface area (Å²) in [6, 6.07) is 2.73. The van der Waals surface area contributed by atoms with Crippen LogP contribution in [0.25, 0.3) is 0 Å². The maximum Gasteiger partial charge on any atom is 0.344 e. The van der Waals surface area contributed by atoms with Crippen LogP contribution in [0.2, 0.25) is 0 Å². The molecule has 0 N–H and O–H groups in total. The molecule has 1 aromatic rings. The lowest BCUT2D eigenvalue weighted by molar-refractivity contribution is 0.0588. The number of hydrogen-bond donors (Lipinski definition) is 0. The SMILES string of the molecule is COC(=O)c1c(F)cc(Br)cc1OC(C)C. The first kappa shape index (κ1) is 13.0. The lowest BCUT2D eigenvalue weighted by Crippen LogP contribution is -2.12. The van der Waals surface area contributed by atoms with E-state index >= 15 is 0 Å². The molecule has 0 amide bonds. The predicted octanol–water partition coefficient (Wildman–Crippen LogP) is 3.16. The van der Waals surface area contributed by atoms with E-state index in [1.54, 1.807) is 13.8 Å². The van der Waals surface area contributed by atoms with Gasteiger partial charge in [-0.2, -0.15) is 0 Å². The van der Waals surface area contributed by atoms with Crippen LogP contribution in [0, 0.1) is 5.82 Å². The van der Waals surface area contributed by atoms with Gasteiger partial charge in [-0.25, -0.2) is 9.18 Å². The van der Waals surface area contributed by atoms with Gasteiger partial charge in [0.1, 0.15) is 17.1 Å². The molecule has 0 aliphatic heterocycles. The van der Waals surface area contributed by atoms with Crippen molar-refractivity contribution in [2.24, 2.45) is 0 Å². The van der Waals surface area contributed by atoms with Crippen molar-refractivity contribution in [2.75, 3.05) is 7.11 Å². The van der Waals surface area contributed by atoms with E-state index in [-0.39, 0.29) is 17.4 Å². The summed E-state index contributed by atoms with van der Waals surface area (Å²) in [5, 5.41) is 0. The summed E-state index contributed by atoms with van der Waals surface area (Å²) >= 11 is 3.14. The van der Waals surface area contributed by atoms with Gasteiger partial charge in [-0.15, -0.1) is 0 Å². The lowest BCUT2D eigenvalue weighted by atomic mass is 10.2. The molecular formula is C11H12BrFO3. The average molecular weight is 291 g/mol. The van der Waals surface area contributed by atoms with E-state index in [2.05, 4.69) is 20.7 Å². The number of hydrogen-bond acceptors (Lipinski definition) is 3. The van der Waals surface area contributed by atoms with Crippen LogP contribution in [0.4, 0.5) is 4.39 Å². The summed E-state index contributed by atoms with van der Waals surface area (Å²) in [5.74, 6) is -1.24. The Morgan fingerprint density at radius 1 is 1.44 bits per heavy atom. The summed E-state index contributed by atoms with van der Waals surface area (Å²) in [5.41, 5.74) is -0.181. The Morgan fingerprint density at radius 2 is 2.06 bits per heavy atom. The standard InChI is InChI=1S/C11H12BrFO3/c1-6(2)16-9-5-7(12)4-8(13)10(9)11(14)15-3/h4-6H,1-3H3. The first-order valence-corrected chi connectivity index (χ1v) is 5.49. The maximum absolute atomic E-state index is 13.6. The minimum absolute atomic E-state index is 0.155. The van der Waals surface area contributed by atoms with Crippen LogP contribution in [-0.4, -0.2) is 19.2 Å². The van der Waals surface area contributed by atoms with E-state index in [1.165, 1.54) is 19.2 Å². The Morgan fingerprint density at radius 3 is 2.56 bits per heavy atom. The highest BCUT2D eigenvalue weighted by Crippen LogP contribution is 2.28. The summed E-state index contributed by atoms with van der Waals surface area (Å²) in [4.78, 5) is 11.4. The van der Waals surface area contributed by atoms with Crippen molar-refractivity contribution in [2.45, 2.75) is 20.0 Å². The van der Waals surface area contributed by atoms with E-state index in [0.29, 0.717) is 4.47 Å². The first-order valence-electron chi connectivity index (χ1n) is 4.69. The zero-order valence-electron chi connectivity index (χ0n) is 9.21. The third-order valence-corrected chi connectivity index (χ3v) is 2.23. The Labute approximate surface area is 102 Å². The molecule has 0 radical (unpaired) electrons. The quantitative estimate of drug-likeness (QED) is 0.802. The van der Waals surface area contributed by atoms with Crippen LogP contribution in [0.3, 0.4) is 0 Å². The highest BCUT2D eigenvalue weighted by Gasteiger charge is 2.20. The Bertz CT molecular complexity index is 404. The summed E-state index contributed by atoms with van der Waals surface area (Å²) < 4.78 is 24.0. The molecule has 0 fully saturated rings. The third kappa shape index (κ3) is 2.95. The molecule has 5 heteroatoms. The molecule has 0 aliphatic rings. The molecule has 0 bridgehead atoms. The van der Waals surface area contributed by atoms with Gasteiger partial charge in [0.15, 0.2) is 0 Å². The number of esters is 1. The molecule has 1 aromatic carbocycles. The lowest BCUT2D eigenvalue weighted by Gasteiger charge is -2.14. The second-order valence-electron chi connectivity index (χ2n) is 3.42. The zero-order valence-corrected chi connectivity index (χ0v) is 10.8. The van der Waals surface area contributed by atoms with Crippen molar-refractivity contribution >= 4 is 21.9 Å². The number of carbonyl (C=O) groups excluding carboxylic acids is 1. The molecule has 0 saturated heterocycles. The Balaban J connectivity index is 3.26. The van der Waals surface area contributed by atoms with Crippen LogP contribution in [0.1, 0.15) is 24.2 Å². The molecule has 0 saturated carbocycles. The summed E-state index contributed by atoms with van der Waals surface area (Å²) in [6.07, 6.45) is -0.155. The average Bonchev–Trinajstić information content (AvgIpc) is 2.14. The predicted molar refractivity (Wildman–Crippen MR) is 61.2 cm³/mol. The number of rotatable bonds is 3. The fraction of sp³-hybridized carbons (Fsp3) is 0.364. The van der Waals surface area contributed by atoms with Crippen LogP contribution < -0.4 is 4.74 Å². The minimum atomic E-state index is -0.749. The van der Waals surface area contributed by atoms with E-state index < -0.39 is 11.8 Å². The van der Waals surface area contributed by atoms with E-state index in [0.717, 1.165) is 0 Å². The first-order chi connectivity index (χ1) is 7.45. The van der Waals surface area contributed by atoms with Gasteiger partial charge in [-0.1, -0.05) is 15.9 Å². The van der Waals surface area contributed by atoms with E-state index in [1.807, 2.05) is 0 Å². The number of carbonyl (C=O) groups is 1. The monoisotopic (exact) mass is 290 g/mol. The largest absolute Gasteiger partial charge is 0.490 e. The van der Waals surface area contributed by atoms with Crippen LogP contribution in [-0.2, 0) is 4.74 Å². The summed E-state index contributed by atoms with van der Waals surface area (Å²) in [6.45, 7) is 3.58.